The molecular weight excluding hydrogens is 649 g/mol. The van der Waals surface area contributed by atoms with E-state index in [1.54, 1.807) is 0 Å². The van der Waals surface area contributed by atoms with Crippen molar-refractivity contribution in [2.75, 3.05) is 5.32 Å². The summed E-state index contributed by atoms with van der Waals surface area (Å²) in [5.41, 5.74) is 8.18. The number of fused-ring (bicyclic) bond motifs is 7. The van der Waals surface area contributed by atoms with Gasteiger partial charge in [-0.05, 0) is 99.0 Å². The first kappa shape index (κ1) is 32.2. The van der Waals surface area contributed by atoms with Crippen LogP contribution in [0.3, 0.4) is 0 Å². The van der Waals surface area contributed by atoms with E-state index < -0.39 is 0 Å². The molecule has 2 N–H and O–H groups in total. The Kier molecular flexibility index (Phi) is 8.52. The van der Waals surface area contributed by atoms with Crippen molar-refractivity contribution in [1.82, 2.24) is 5.32 Å². The fourth-order valence-electron chi connectivity index (χ4n) is 7.88. The maximum Gasteiger partial charge on any atom is 0.104 e. The molecule has 1 aromatic heterocycles. The normalized spacial score (nSPS) is 15.4. The van der Waals surface area contributed by atoms with E-state index in [2.05, 4.69) is 194 Å². The number of allylic oxidation sites excluding steroid dienone is 3. The van der Waals surface area contributed by atoms with Crippen LogP contribution in [0.15, 0.2) is 182 Å². The summed E-state index contributed by atoms with van der Waals surface area (Å²) in [4.78, 5) is 0. The summed E-state index contributed by atoms with van der Waals surface area (Å²) >= 11 is 1.88. The SMILES string of the molecule is C=C(C)C(NC(Nc1cccc(-c2ccc3c(ccc4ccc5sc6ccccc6c5c43)c2)c1)c1ccc(-c2ccccc2)cc1)C1C=CC=CC1. The van der Waals surface area contributed by atoms with Crippen molar-refractivity contribution in [1.29, 1.82) is 0 Å². The number of nitrogens with one attached hydrogen (secondary N) is 2. The lowest BCUT2D eigenvalue weighted by atomic mass is 9.88. The first-order chi connectivity index (χ1) is 25.6. The van der Waals surface area contributed by atoms with E-state index in [0.29, 0.717) is 5.92 Å². The van der Waals surface area contributed by atoms with Crippen molar-refractivity contribution in [2.24, 2.45) is 5.92 Å². The topological polar surface area (TPSA) is 24.1 Å². The van der Waals surface area contributed by atoms with Gasteiger partial charge in [0.05, 0.1) is 0 Å². The highest BCUT2D eigenvalue weighted by atomic mass is 32.1. The molecule has 0 amide bonds. The van der Waals surface area contributed by atoms with E-state index in [-0.39, 0.29) is 12.2 Å². The third-order valence-electron chi connectivity index (χ3n) is 10.5. The Bertz CT molecular complexity index is 2650. The maximum atomic E-state index is 4.42. The van der Waals surface area contributed by atoms with Gasteiger partial charge < -0.3 is 5.32 Å². The van der Waals surface area contributed by atoms with Gasteiger partial charge in [-0.1, -0.05) is 152 Å². The zero-order valence-corrected chi connectivity index (χ0v) is 30.0. The highest BCUT2D eigenvalue weighted by Gasteiger charge is 2.24. The minimum atomic E-state index is -0.133. The van der Waals surface area contributed by atoms with Gasteiger partial charge in [0, 0.05) is 31.9 Å². The van der Waals surface area contributed by atoms with Gasteiger partial charge in [0.25, 0.3) is 0 Å². The van der Waals surface area contributed by atoms with Crippen molar-refractivity contribution in [3.05, 3.63) is 188 Å². The van der Waals surface area contributed by atoms with Gasteiger partial charge in [-0.25, -0.2) is 0 Å². The molecule has 0 saturated heterocycles. The molecule has 2 nitrogen and oxygen atoms in total. The molecule has 3 heteroatoms. The average Bonchev–Trinajstić information content (AvgIpc) is 3.59. The van der Waals surface area contributed by atoms with Crippen LogP contribution in [0.1, 0.15) is 25.1 Å². The van der Waals surface area contributed by atoms with Crippen molar-refractivity contribution < 1.29 is 0 Å². The Morgan fingerprint density at radius 2 is 1.37 bits per heavy atom. The van der Waals surface area contributed by atoms with Gasteiger partial charge in [-0.3, -0.25) is 5.32 Å². The smallest absolute Gasteiger partial charge is 0.104 e. The fourth-order valence-corrected chi connectivity index (χ4v) is 9.00. The number of thiophene rings is 1. The van der Waals surface area contributed by atoms with E-state index in [9.17, 15) is 0 Å². The molecule has 3 atom stereocenters. The van der Waals surface area contributed by atoms with Crippen LogP contribution in [0.2, 0.25) is 0 Å². The van der Waals surface area contributed by atoms with Crippen LogP contribution in [0.4, 0.5) is 5.69 Å². The van der Waals surface area contributed by atoms with Gasteiger partial charge >= 0.3 is 0 Å². The lowest BCUT2D eigenvalue weighted by molar-refractivity contribution is 0.418. The van der Waals surface area contributed by atoms with Gasteiger partial charge in [-0.15, -0.1) is 11.3 Å². The summed E-state index contributed by atoms with van der Waals surface area (Å²) in [6.45, 7) is 6.55. The molecule has 9 rings (SSSR count). The quantitative estimate of drug-likeness (QED) is 0.0896. The molecule has 3 unspecified atom stereocenters. The van der Waals surface area contributed by atoms with Crippen LogP contribution < -0.4 is 10.6 Å². The Morgan fingerprint density at radius 1 is 0.635 bits per heavy atom. The molecule has 52 heavy (non-hydrogen) atoms. The van der Waals surface area contributed by atoms with Crippen LogP contribution in [0.25, 0.3) is 64.0 Å². The molecule has 0 saturated carbocycles. The van der Waals surface area contributed by atoms with Crippen molar-refractivity contribution >= 4 is 58.7 Å². The first-order valence-corrected chi connectivity index (χ1v) is 18.9. The Hall–Kier alpha value is -5.74. The number of benzene rings is 7. The summed E-state index contributed by atoms with van der Waals surface area (Å²) in [6, 6.07) is 53.3. The van der Waals surface area contributed by atoms with Gasteiger partial charge in [0.15, 0.2) is 0 Å². The largest absolute Gasteiger partial charge is 0.366 e. The zero-order valence-electron chi connectivity index (χ0n) is 29.2. The monoisotopic (exact) mass is 688 g/mol. The molecule has 1 aliphatic carbocycles. The molecule has 1 heterocycles. The second-order valence-electron chi connectivity index (χ2n) is 14.0. The summed E-state index contributed by atoms with van der Waals surface area (Å²) in [7, 11) is 0. The average molecular weight is 689 g/mol. The lowest BCUT2D eigenvalue weighted by Crippen LogP contribution is -2.41. The lowest BCUT2D eigenvalue weighted by Gasteiger charge is -2.32. The zero-order chi connectivity index (χ0) is 35.0. The van der Waals surface area contributed by atoms with E-state index in [0.717, 1.165) is 17.7 Å². The number of hydrogen-bond acceptors (Lipinski definition) is 3. The molecular formula is C49H40N2S. The van der Waals surface area contributed by atoms with E-state index in [4.69, 9.17) is 0 Å². The molecule has 0 fully saturated rings. The second-order valence-corrected chi connectivity index (χ2v) is 15.1. The predicted octanol–water partition coefficient (Wildman–Crippen LogP) is 13.5. The maximum absolute atomic E-state index is 4.42. The van der Waals surface area contributed by atoms with E-state index in [1.165, 1.54) is 69.5 Å². The number of rotatable bonds is 9. The Balaban J connectivity index is 1.07. The van der Waals surface area contributed by atoms with Crippen LogP contribution in [0.5, 0.6) is 0 Å². The summed E-state index contributed by atoms with van der Waals surface area (Å²) in [5.74, 6) is 0.337. The second kappa shape index (κ2) is 13.8. The minimum Gasteiger partial charge on any atom is -0.366 e. The number of anilines is 1. The molecule has 0 bridgehead atoms. The van der Waals surface area contributed by atoms with E-state index >= 15 is 0 Å². The molecule has 7 aromatic carbocycles. The van der Waals surface area contributed by atoms with Crippen LogP contribution >= 0.6 is 11.3 Å². The third kappa shape index (κ3) is 6.13. The summed E-state index contributed by atoms with van der Waals surface area (Å²) in [6.07, 6.45) is 9.70. The molecule has 0 spiro atoms. The molecule has 0 radical (unpaired) electrons. The third-order valence-corrected chi connectivity index (χ3v) is 11.7. The summed E-state index contributed by atoms with van der Waals surface area (Å²) in [5, 5.41) is 15.8. The number of hydrogen-bond donors (Lipinski definition) is 2. The van der Waals surface area contributed by atoms with Crippen molar-refractivity contribution in [3.8, 4) is 22.3 Å². The van der Waals surface area contributed by atoms with Crippen molar-refractivity contribution in [3.63, 3.8) is 0 Å². The molecule has 252 valence electrons. The van der Waals surface area contributed by atoms with Crippen LogP contribution in [0, 0.1) is 5.92 Å². The molecule has 8 aromatic rings. The van der Waals surface area contributed by atoms with Crippen LogP contribution in [-0.2, 0) is 0 Å². The fraction of sp³-hybridized carbons (Fsp3) is 0.102. The van der Waals surface area contributed by atoms with Crippen LogP contribution in [-0.4, -0.2) is 6.04 Å². The van der Waals surface area contributed by atoms with Gasteiger partial charge in [0.1, 0.15) is 6.17 Å². The van der Waals surface area contributed by atoms with Gasteiger partial charge in [-0.2, -0.15) is 0 Å². The van der Waals surface area contributed by atoms with Gasteiger partial charge in [0.2, 0.25) is 0 Å². The highest BCUT2D eigenvalue weighted by Crippen LogP contribution is 2.42. The Morgan fingerprint density at radius 3 is 2.19 bits per heavy atom. The highest BCUT2D eigenvalue weighted by molar-refractivity contribution is 7.26. The molecule has 0 aliphatic heterocycles. The standard InChI is InChI=1S/C49H40N2S/c1-32(2)48(36-14-7-4-8-15-36)51-49(37-23-20-34(21-24-37)33-12-5-3-6-13-33)50-41-17-11-16-38(31-41)39-26-28-42-40(30-39)25-22-35-27-29-45-47(46(35)42)43-18-9-10-19-44(43)52-45/h3-14,16-31,36,48-51H,1,15H2,2H3. The first-order valence-electron chi connectivity index (χ1n) is 18.1. The van der Waals surface area contributed by atoms with E-state index in [1.807, 2.05) is 11.3 Å². The summed E-state index contributed by atoms with van der Waals surface area (Å²) < 4.78 is 2.68. The minimum absolute atomic E-state index is 0.109. The predicted molar refractivity (Wildman–Crippen MR) is 226 cm³/mol. The molecule has 1 aliphatic rings. The Labute approximate surface area is 309 Å². The van der Waals surface area contributed by atoms with Crippen molar-refractivity contribution in [2.45, 2.75) is 25.6 Å².